The molecule has 0 heterocycles. The minimum absolute atomic E-state index is 0.00982. The lowest BCUT2D eigenvalue weighted by atomic mass is 9.59. The first-order chi connectivity index (χ1) is 20.0. The van der Waals surface area contributed by atoms with Crippen LogP contribution in [0.4, 0.5) is 0 Å². The van der Waals surface area contributed by atoms with Gasteiger partial charge in [0.1, 0.15) is 0 Å². The summed E-state index contributed by atoms with van der Waals surface area (Å²) in [6, 6.07) is 25.6. The molecule has 6 aliphatic carbocycles. The summed E-state index contributed by atoms with van der Waals surface area (Å²) >= 11 is 3.89. The van der Waals surface area contributed by atoms with E-state index < -0.39 is 0 Å². The molecule has 9 rings (SSSR count). The van der Waals surface area contributed by atoms with Crippen LogP contribution < -0.4 is 0 Å². The number of halogens is 1. The van der Waals surface area contributed by atoms with E-state index in [1.165, 1.54) is 43.4 Å². The molecule has 1 spiro atoms. The largest absolute Gasteiger partial charge is 0.0793 e. The zero-order chi connectivity index (χ0) is 27.5. The molecule has 3 aromatic rings. The van der Waals surface area contributed by atoms with Crippen LogP contribution in [0.1, 0.15) is 60.4 Å². The van der Waals surface area contributed by atoms with Gasteiger partial charge in [0.25, 0.3) is 0 Å². The summed E-state index contributed by atoms with van der Waals surface area (Å²) in [5.41, 5.74) is 15.0. The standard InChI is InChI=1S/C40H33Br/c1-39(2)33-12-6-3-9-27(33)30-18-15-25(22-37(30)39)24-16-20-36-32(21-24)31-19-17-26(41)23-38(31)40(36)34-13-7-4-10-28(34)29-11-5-8-14-35(29)40/h3-15,17-19,21-23,28,31,34,38H,16,20H2,1-2H3. The van der Waals surface area contributed by atoms with E-state index in [2.05, 4.69) is 145 Å². The molecular formula is C40H33Br. The van der Waals surface area contributed by atoms with Crippen LogP contribution in [0.2, 0.25) is 0 Å². The summed E-state index contributed by atoms with van der Waals surface area (Å²) in [4.78, 5) is 0. The van der Waals surface area contributed by atoms with Crippen molar-refractivity contribution in [1.82, 2.24) is 0 Å². The van der Waals surface area contributed by atoms with Crippen molar-refractivity contribution < 1.29 is 0 Å². The molecule has 0 N–H and O–H groups in total. The van der Waals surface area contributed by atoms with Gasteiger partial charge >= 0.3 is 0 Å². The van der Waals surface area contributed by atoms with Crippen LogP contribution in [0.3, 0.4) is 0 Å². The molecule has 5 atom stereocenters. The van der Waals surface area contributed by atoms with E-state index in [0.717, 1.165) is 12.8 Å². The fourth-order valence-corrected chi connectivity index (χ4v) is 10.1. The summed E-state index contributed by atoms with van der Waals surface area (Å²) in [5, 5.41) is 0. The van der Waals surface area contributed by atoms with Gasteiger partial charge < -0.3 is 0 Å². The van der Waals surface area contributed by atoms with E-state index in [4.69, 9.17) is 0 Å². The lowest BCUT2D eigenvalue weighted by Crippen LogP contribution is -2.40. The van der Waals surface area contributed by atoms with Gasteiger partial charge in [-0.2, -0.15) is 0 Å². The second-order valence-electron chi connectivity index (χ2n) is 13.3. The quantitative estimate of drug-likeness (QED) is 0.263. The zero-order valence-electron chi connectivity index (χ0n) is 23.6. The molecule has 200 valence electrons. The van der Waals surface area contributed by atoms with E-state index in [1.807, 2.05) is 0 Å². The third-order valence-corrected chi connectivity index (χ3v) is 11.8. The maximum absolute atomic E-state index is 3.89. The van der Waals surface area contributed by atoms with E-state index in [9.17, 15) is 0 Å². The van der Waals surface area contributed by atoms with Gasteiger partial charge in [-0.3, -0.25) is 0 Å². The highest BCUT2D eigenvalue weighted by Gasteiger charge is 2.62. The minimum atomic E-state index is 0.00982. The highest BCUT2D eigenvalue weighted by Crippen LogP contribution is 2.68. The fraction of sp³-hybridized carbons (Fsp3) is 0.250. The molecule has 3 aromatic carbocycles. The van der Waals surface area contributed by atoms with Crippen LogP contribution >= 0.6 is 15.9 Å². The summed E-state index contributed by atoms with van der Waals surface area (Å²) in [7, 11) is 0. The van der Waals surface area contributed by atoms with Crippen LogP contribution in [0.5, 0.6) is 0 Å². The van der Waals surface area contributed by atoms with Crippen LogP contribution in [0.15, 0.2) is 131 Å². The van der Waals surface area contributed by atoms with Crippen molar-refractivity contribution in [1.29, 1.82) is 0 Å². The molecule has 5 unspecified atom stereocenters. The lowest BCUT2D eigenvalue weighted by molar-refractivity contribution is 0.287. The zero-order valence-corrected chi connectivity index (χ0v) is 25.2. The third-order valence-electron chi connectivity index (χ3n) is 11.3. The van der Waals surface area contributed by atoms with Crippen molar-refractivity contribution in [3.05, 3.63) is 159 Å². The van der Waals surface area contributed by atoms with Gasteiger partial charge in [-0.05, 0) is 69.0 Å². The molecule has 0 nitrogen and oxygen atoms in total. The Bertz CT molecular complexity index is 1850. The SMILES string of the molecule is CC1(C)c2ccccc2-c2ccc(C3=CC4=C(CC3)C3(c5ccccc5C5C=CC=CC53)C3C=C(Br)C=CC43)cc21. The van der Waals surface area contributed by atoms with Crippen LogP contribution in [0, 0.1) is 17.8 Å². The van der Waals surface area contributed by atoms with Crippen molar-refractivity contribution >= 4 is 21.5 Å². The van der Waals surface area contributed by atoms with E-state index >= 15 is 0 Å². The molecule has 0 bridgehead atoms. The Hall–Kier alpha value is -3.42. The fourth-order valence-electron chi connectivity index (χ4n) is 9.63. The van der Waals surface area contributed by atoms with Crippen LogP contribution in [-0.4, -0.2) is 0 Å². The molecule has 0 fully saturated rings. The molecule has 0 saturated carbocycles. The number of hydrogen-bond donors (Lipinski definition) is 0. The average Bonchev–Trinajstić information content (AvgIpc) is 3.55. The molecule has 0 radical (unpaired) electrons. The summed E-state index contributed by atoms with van der Waals surface area (Å²) < 4.78 is 1.22. The van der Waals surface area contributed by atoms with Gasteiger partial charge in [-0.1, -0.05) is 145 Å². The molecule has 41 heavy (non-hydrogen) atoms. The Kier molecular flexibility index (Phi) is 4.91. The van der Waals surface area contributed by atoms with E-state index in [-0.39, 0.29) is 10.8 Å². The summed E-state index contributed by atoms with van der Waals surface area (Å²) in [6.07, 6.45) is 21.7. The Balaban J connectivity index is 1.23. The third kappa shape index (κ3) is 3.01. The van der Waals surface area contributed by atoms with Crippen molar-refractivity contribution in [3.63, 3.8) is 0 Å². The topological polar surface area (TPSA) is 0 Å². The molecule has 1 heteroatoms. The normalized spacial score (nSPS) is 30.8. The number of fused-ring (bicyclic) bond motifs is 12. The minimum Gasteiger partial charge on any atom is -0.0793 e. The Morgan fingerprint density at radius 1 is 0.732 bits per heavy atom. The van der Waals surface area contributed by atoms with E-state index in [0.29, 0.717) is 23.7 Å². The monoisotopic (exact) mass is 592 g/mol. The first-order valence-electron chi connectivity index (χ1n) is 15.2. The van der Waals surface area contributed by atoms with Crippen LogP contribution in [-0.2, 0) is 10.8 Å². The number of hydrogen-bond acceptors (Lipinski definition) is 0. The predicted molar refractivity (Wildman–Crippen MR) is 174 cm³/mol. The predicted octanol–water partition coefficient (Wildman–Crippen LogP) is 10.3. The number of benzene rings is 3. The van der Waals surface area contributed by atoms with Gasteiger partial charge in [0.15, 0.2) is 0 Å². The maximum Gasteiger partial charge on any atom is 0.0314 e. The Morgan fingerprint density at radius 2 is 1.51 bits per heavy atom. The number of rotatable bonds is 1. The van der Waals surface area contributed by atoms with Crippen LogP contribution in [0.25, 0.3) is 16.7 Å². The lowest BCUT2D eigenvalue weighted by Gasteiger charge is -2.43. The molecule has 0 amide bonds. The second kappa shape index (κ2) is 8.33. The van der Waals surface area contributed by atoms with Gasteiger partial charge in [0.05, 0.1) is 0 Å². The molecule has 0 aliphatic heterocycles. The van der Waals surface area contributed by atoms with Crippen molar-refractivity contribution in [2.75, 3.05) is 0 Å². The number of allylic oxidation sites excluding steroid dienone is 12. The maximum atomic E-state index is 3.89. The van der Waals surface area contributed by atoms with Crippen molar-refractivity contribution in [3.8, 4) is 11.1 Å². The Labute approximate surface area is 251 Å². The van der Waals surface area contributed by atoms with Gasteiger partial charge in [0, 0.05) is 39.0 Å². The first kappa shape index (κ1) is 24.2. The highest BCUT2D eigenvalue weighted by atomic mass is 79.9. The van der Waals surface area contributed by atoms with Gasteiger partial charge in [0.2, 0.25) is 0 Å². The molecule has 6 aliphatic rings. The average molecular weight is 594 g/mol. The van der Waals surface area contributed by atoms with Crippen molar-refractivity contribution in [2.24, 2.45) is 17.8 Å². The van der Waals surface area contributed by atoms with Crippen molar-refractivity contribution in [2.45, 2.75) is 43.4 Å². The summed E-state index contributed by atoms with van der Waals surface area (Å²) in [6.45, 7) is 4.78. The van der Waals surface area contributed by atoms with Gasteiger partial charge in [-0.15, -0.1) is 0 Å². The smallest absolute Gasteiger partial charge is 0.0314 e. The second-order valence-corrected chi connectivity index (χ2v) is 14.2. The summed E-state index contributed by atoms with van der Waals surface area (Å²) in [5.74, 6) is 1.74. The highest BCUT2D eigenvalue weighted by molar-refractivity contribution is 9.11. The molecule has 0 aromatic heterocycles. The Morgan fingerprint density at radius 3 is 2.41 bits per heavy atom. The molecular weight excluding hydrogens is 560 g/mol. The molecule has 0 saturated heterocycles. The van der Waals surface area contributed by atoms with E-state index in [1.54, 1.807) is 16.7 Å². The first-order valence-corrected chi connectivity index (χ1v) is 16.0. The van der Waals surface area contributed by atoms with Gasteiger partial charge in [-0.25, -0.2) is 0 Å².